The fourth-order valence-corrected chi connectivity index (χ4v) is 5.18. The molecule has 0 bridgehead atoms. The van der Waals surface area contributed by atoms with Crippen molar-refractivity contribution in [2.75, 3.05) is 19.7 Å². The summed E-state index contributed by atoms with van der Waals surface area (Å²) < 4.78 is 34.4. The van der Waals surface area contributed by atoms with Gasteiger partial charge in [0.05, 0.1) is 11.6 Å². The number of aromatic amines is 2. The third-order valence-corrected chi connectivity index (χ3v) is 6.82. The number of aromatic nitrogens is 2. The standard InChI is InChI=1S/C21H29F2N3O2/c1-3-28-14-4-8-21(2,9-5-14)26-10-6-13(7-11-26)17-15(22)12-16(23)18-19(17)25-20(27)24-18/h12-14H,3-11H2,1-2H3,(H2,24,25,27). The maximum atomic E-state index is 14.6. The topological polar surface area (TPSA) is 61.1 Å². The van der Waals surface area contributed by atoms with Gasteiger partial charge in [0.15, 0.2) is 5.82 Å². The molecule has 1 aromatic carbocycles. The molecular formula is C21H29F2N3O2. The molecule has 154 valence electrons. The molecule has 0 radical (unpaired) electrons. The predicted octanol–water partition coefficient (Wildman–Crippen LogP) is 4.05. The van der Waals surface area contributed by atoms with E-state index < -0.39 is 17.3 Å². The summed E-state index contributed by atoms with van der Waals surface area (Å²) in [6.07, 6.45) is 6.38. The molecule has 1 saturated heterocycles. The van der Waals surface area contributed by atoms with Crippen LogP contribution in [-0.4, -0.2) is 46.2 Å². The summed E-state index contributed by atoms with van der Waals surface area (Å²) in [5.74, 6) is -1.32. The number of ether oxygens (including phenoxy) is 1. The van der Waals surface area contributed by atoms with Gasteiger partial charge in [0.1, 0.15) is 11.3 Å². The van der Waals surface area contributed by atoms with Gasteiger partial charge in [-0.05, 0) is 71.4 Å². The number of H-pyrrole nitrogens is 2. The lowest BCUT2D eigenvalue weighted by Gasteiger charge is -2.48. The highest BCUT2D eigenvalue weighted by Crippen LogP contribution is 2.40. The number of imidazole rings is 1. The van der Waals surface area contributed by atoms with Gasteiger partial charge in [-0.3, -0.25) is 4.90 Å². The smallest absolute Gasteiger partial charge is 0.323 e. The third-order valence-electron chi connectivity index (χ3n) is 6.82. The molecular weight excluding hydrogens is 364 g/mol. The number of hydrogen-bond acceptors (Lipinski definition) is 3. The first-order valence-corrected chi connectivity index (χ1v) is 10.4. The van der Waals surface area contributed by atoms with Crippen LogP contribution in [0.2, 0.25) is 0 Å². The van der Waals surface area contributed by atoms with Crippen molar-refractivity contribution in [1.82, 2.24) is 14.9 Å². The molecule has 0 unspecified atom stereocenters. The Balaban J connectivity index is 1.48. The Bertz CT molecular complexity index is 891. The average molecular weight is 393 g/mol. The normalized spacial score (nSPS) is 27.5. The second-order valence-corrected chi connectivity index (χ2v) is 8.50. The SMILES string of the molecule is CCOC1CCC(C)(N2CCC(c3c(F)cc(F)c4[nH]c(=O)[nH]c34)CC2)CC1. The first-order valence-electron chi connectivity index (χ1n) is 10.4. The van der Waals surface area contributed by atoms with Crippen molar-refractivity contribution in [1.29, 1.82) is 0 Å². The molecule has 2 aromatic rings. The van der Waals surface area contributed by atoms with Crippen molar-refractivity contribution in [3.63, 3.8) is 0 Å². The van der Waals surface area contributed by atoms with Crippen LogP contribution in [0.4, 0.5) is 8.78 Å². The number of halogens is 2. The highest BCUT2D eigenvalue weighted by molar-refractivity contribution is 5.79. The minimum Gasteiger partial charge on any atom is -0.379 e. The van der Waals surface area contributed by atoms with Gasteiger partial charge in [-0.25, -0.2) is 13.6 Å². The molecule has 2 heterocycles. The summed E-state index contributed by atoms with van der Waals surface area (Å²) in [4.78, 5) is 19.2. The van der Waals surface area contributed by atoms with E-state index in [1.54, 1.807) is 0 Å². The van der Waals surface area contributed by atoms with Crippen LogP contribution in [0.25, 0.3) is 11.0 Å². The lowest BCUT2D eigenvalue weighted by molar-refractivity contribution is -0.0251. The maximum Gasteiger partial charge on any atom is 0.323 e. The summed E-state index contributed by atoms with van der Waals surface area (Å²) in [6.45, 7) is 6.91. The molecule has 1 saturated carbocycles. The van der Waals surface area contributed by atoms with Crippen molar-refractivity contribution in [3.8, 4) is 0 Å². The van der Waals surface area contributed by atoms with Crippen molar-refractivity contribution in [2.24, 2.45) is 0 Å². The molecule has 2 fully saturated rings. The van der Waals surface area contributed by atoms with Crippen LogP contribution >= 0.6 is 0 Å². The Morgan fingerprint density at radius 1 is 1.11 bits per heavy atom. The van der Waals surface area contributed by atoms with Crippen LogP contribution in [0.3, 0.4) is 0 Å². The number of nitrogens with one attached hydrogen (secondary N) is 2. The van der Waals surface area contributed by atoms with E-state index in [1.165, 1.54) is 0 Å². The summed E-state index contributed by atoms with van der Waals surface area (Å²) in [5, 5.41) is 0. The fraction of sp³-hybridized carbons (Fsp3) is 0.667. The molecule has 0 atom stereocenters. The monoisotopic (exact) mass is 393 g/mol. The van der Waals surface area contributed by atoms with Gasteiger partial charge in [0.25, 0.3) is 0 Å². The van der Waals surface area contributed by atoms with Crippen LogP contribution in [0.5, 0.6) is 0 Å². The molecule has 1 aliphatic heterocycles. The molecule has 1 aliphatic carbocycles. The van der Waals surface area contributed by atoms with E-state index in [1.807, 2.05) is 6.92 Å². The predicted molar refractivity (Wildman–Crippen MR) is 105 cm³/mol. The number of likely N-dealkylation sites (tertiary alicyclic amines) is 1. The number of rotatable bonds is 4. The van der Waals surface area contributed by atoms with Gasteiger partial charge in [0.2, 0.25) is 0 Å². The quantitative estimate of drug-likeness (QED) is 0.824. The molecule has 2 aliphatic rings. The summed E-state index contributed by atoms with van der Waals surface area (Å²) in [5.41, 5.74) is 0.461. The van der Waals surface area contributed by atoms with E-state index >= 15 is 0 Å². The number of nitrogens with zero attached hydrogens (tertiary/aromatic N) is 1. The van der Waals surface area contributed by atoms with E-state index in [0.29, 0.717) is 11.7 Å². The van der Waals surface area contributed by atoms with Crippen LogP contribution < -0.4 is 5.69 Å². The second-order valence-electron chi connectivity index (χ2n) is 8.50. The third kappa shape index (κ3) is 3.50. The van der Waals surface area contributed by atoms with Crippen molar-refractivity contribution < 1.29 is 13.5 Å². The lowest BCUT2D eigenvalue weighted by atomic mass is 9.78. The largest absolute Gasteiger partial charge is 0.379 e. The molecule has 4 rings (SSSR count). The van der Waals surface area contributed by atoms with Crippen molar-refractivity contribution >= 4 is 11.0 Å². The highest BCUT2D eigenvalue weighted by atomic mass is 19.1. The van der Waals surface area contributed by atoms with Gasteiger partial charge in [-0.15, -0.1) is 0 Å². The first-order chi connectivity index (χ1) is 13.4. The number of piperidine rings is 1. The van der Waals surface area contributed by atoms with Gasteiger partial charge in [-0.1, -0.05) is 0 Å². The zero-order chi connectivity index (χ0) is 19.9. The zero-order valence-corrected chi connectivity index (χ0v) is 16.6. The van der Waals surface area contributed by atoms with Crippen molar-refractivity contribution in [2.45, 2.75) is 69.9 Å². The van der Waals surface area contributed by atoms with Crippen LogP contribution in [-0.2, 0) is 4.74 Å². The molecule has 5 nitrogen and oxygen atoms in total. The van der Waals surface area contributed by atoms with E-state index in [0.717, 1.165) is 64.3 Å². The molecule has 0 spiro atoms. The Kier molecular flexibility index (Phi) is 5.31. The van der Waals surface area contributed by atoms with Crippen LogP contribution in [0, 0.1) is 11.6 Å². The Morgan fingerprint density at radius 2 is 1.75 bits per heavy atom. The van der Waals surface area contributed by atoms with Gasteiger partial charge >= 0.3 is 5.69 Å². The maximum absolute atomic E-state index is 14.6. The van der Waals surface area contributed by atoms with E-state index in [2.05, 4.69) is 21.8 Å². The Hall–Kier alpha value is -1.73. The molecule has 1 aromatic heterocycles. The fourth-order valence-electron chi connectivity index (χ4n) is 5.18. The molecule has 2 N–H and O–H groups in total. The van der Waals surface area contributed by atoms with Crippen molar-refractivity contribution in [3.05, 3.63) is 33.7 Å². The lowest BCUT2D eigenvalue weighted by Crippen LogP contribution is -2.52. The van der Waals surface area contributed by atoms with Crippen LogP contribution in [0.1, 0.15) is 63.9 Å². The number of fused-ring (bicyclic) bond motifs is 1. The van der Waals surface area contributed by atoms with Crippen LogP contribution in [0.15, 0.2) is 10.9 Å². The number of hydrogen-bond donors (Lipinski definition) is 2. The second kappa shape index (κ2) is 7.59. The Morgan fingerprint density at radius 3 is 2.39 bits per heavy atom. The molecule has 28 heavy (non-hydrogen) atoms. The molecule has 0 amide bonds. The highest BCUT2D eigenvalue weighted by Gasteiger charge is 2.39. The Labute approximate surface area is 163 Å². The summed E-state index contributed by atoms with van der Waals surface area (Å²) >= 11 is 0. The van der Waals surface area contributed by atoms with Gasteiger partial charge < -0.3 is 14.7 Å². The average Bonchev–Trinajstić information content (AvgIpc) is 3.06. The van der Waals surface area contributed by atoms with E-state index in [-0.39, 0.29) is 22.5 Å². The van der Waals surface area contributed by atoms with Gasteiger partial charge in [0, 0.05) is 23.8 Å². The first kappa shape index (κ1) is 19.6. The number of benzene rings is 1. The van der Waals surface area contributed by atoms with Gasteiger partial charge in [-0.2, -0.15) is 0 Å². The minimum absolute atomic E-state index is 0.0193. The summed E-state index contributed by atoms with van der Waals surface area (Å²) in [6, 6.07) is 0.893. The zero-order valence-electron chi connectivity index (χ0n) is 16.6. The molecule has 7 heteroatoms. The van der Waals surface area contributed by atoms with E-state index in [9.17, 15) is 13.6 Å². The summed E-state index contributed by atoms with van der Waals surface area (Å²) in [7, 11) is 0. The van der Waals surface area contributed by atoms with E-state index in [4.69, 9.17) is 4.74 Å². The minimum atomic E-state index is -0.731.